The number of amides is 1. The van der Waals surface area contributed by atoms with E-state index < -0.39 is 10.8 Å². The Kier molecular flexibility index (Phi) is 7.04. The van der Waals surface area contributed by atoms with Gasteiger partial charge in [-0.3, -0.25) is 14.9 Å². The van der Waals surface area contributed by atoms with Crippen molar-refractivity contribution in [3.63, 3.8) is 0 Å². The second kappa shape index (κ2) is 10.3. The Labute approximate surface area is 195 Å². The number of benzene rings is 2. The summed E-state index contributed by atoms with van der Waals surface area (Å²) in [5, 5.41) is 16.2. The van der Waals surface area contributed by atoms with Gasteiger partial charge in [0.2, 0.25) is 0 Å². The van der Waals surface area contributed by atoms with Crippen molar-refractivity contribution in [1.29, 1.82) is 0 Å². The molecule has 1 amide bonds. The maximum atomic E-state index is 12.8. The van der Waals surface area contributed by atoms with Crippen molar-refractivity contribution in [3.8, 4) is 11.5 Å². The number of carbonyl (C=O) groups excluding carboxylic acids is 1. The Morgan fingerprint density at radius 1 is 1.21 bits per heavy atom. The third kappa shape index (κ3) is 5.40. The van der Waals surface area contributed by atoms with Crippen LogP contribution in [0, 0.1) is 10.1 Å². The van der Waals surface area contributed by atoms with Gasteiger partial charge in [0.05, 0.1) is 29.3 Å². The summed E-state index contributed by atoms with van der Waals surface area (Å²) in [5.74, 6) is -0.156. The normalized spacial score (nSPS) is 13.1. The highest BCUT2D eigenvalue weighted by atomic mass is 32.1. The van der Waals surface area contributed by atoms with Crippen LogP contribution in [-0.2, 0) is 13.2 Å². The van der Waals surface area contributed by atoms with Gasteiger partial charge in [-0.25, -0.2) is 4.98 Å². The second-order valence-electron chi connectivity index (χ2n) is 7.59. The van der Waals surface area contributed by atoms with Crippen LogP contribution in [0.5, 0.6) is 11.5 Å². The van der Waals surface area contributed by atoms with Crippen molar-refractivity contribution >= 4 is 28.6 Å². The first-order valence-electron chi connectivity index (χ1n) is 10.5. The van der Waals surface area contributed by atoms with Gasteiger partial charge >= 0.3 is 0 Å². The molecule has 1 fully saturated rings. The summed E-state index contributed by atoms with van der Waals surface area (Å²) in [7, 11) is 1.42. The number of thiazole rings is 1. The van der Waals surface area contributed by atoms with Crippen LogP contribution in [0.4, 0.5) is 11.4 Å². The highest BCUT2D eigenvalue weighted by Crippen LogP contribution is 2.35. The number of hydrogen-bond acceptors (Lipinski definition) is 8. The van der Waals surface area contributed by atoms with Crippen LogP contribution >= 0.6 is 11.3 Å². The van der Waals surface area contributed by atoms with Crippen LogP contribution < -0.4 is 19.7 Å². The molecule has 1 saturated heterocycles. The molecule has 1 N–H and O–H groups in total. The van der Waals surface area contributed by atoms with E-state index in [1.54, 1.807) is 5.51 Å². The minimum absolute atomic E-state index is 0.0912. The maximum Gasteiger partial charge on any atom is 0.286 e. The molecule has 1 aliphatic heterocycles. The molecule has 0 radical (unpaired) electrons. The summed E-state index contributed by atoms with van der Waals surface area (Å²) in [4.78, 5) is 30.3. The first-order chi connectivity index (χ1) is 16.0. The molecule has 1 aliphatic rings. The van der Waals surface area contributed by atoms with Crippen molar-refractivity contribution in [3.05, 3.63) is 74.2 Å². The molecular formula is C23H24N4O5S. The number of rotatable bonds is 9. The van der Waals surface area contributed by atoms with Crippen LogP contribution in [0.3, 0.4) is 0 Å². The molecule has 2 aromatic carbocycles. The number of ether oxygens (including phenoxy) is 2. The van der Waals surface area contributed by atoms with Gasteiger partial charge in [0.1, 0.15) is 12.2 Å². The van der Waals surface area contributed by atoms with Gasteiger partial charge in [-0.15, -0.1) is 11.3 Å². The zero-order chi connectivity index (χ0) is 23.2. The fourth-order valence-corrected chi connectivity index (χ4v) is 4.24. The average Bonchev–Trinajstić information content (AvgIpc) is 3.55. The van der Waals surface area contributed by atoms with E-state index in [1.807, 2.05) is 29.6 Å². The Morgan fingerprint density at radius 3 is 2.61 bits per heavy atom. The number of carbonyl (C=O) groups is 1. The molecule has 2 heterocycles. The highest BCUT2D eigenvalue weighted by molar-refractivity contribution is 7.07. The summed E-state index contributed by atoms with van der Waals surface area (Å²) >= 11 is 1.42. The lowest BCUT2D eigenvalue weighted by molar-refractivity contribution is -0.385. The van der Waals surface area contributed by atoms with Gasteiger partial charge in [0.15, 0.2) is 11.5 Å². The number of anilines is 1. The average molecular weight is 469 g/mol. The fourth-order valence-electron chi connectivity index (χ4n) is 3.69. The monoisotopic (exact) mass is 468 g/mol. The van der Waals surface area contributed by atoms with E-state index in [2.05, 4.69) is 15.2 Å². The van der Waals surface area contributed by atoms with E-state index in [0.29, 0.717) is 5.69 Å². The lowest BCUT2D eigenvalue weighted by atomic mass is 10.1. The predicted molar refractivity (Wildman–Crippen MR) is 125 cm³/mol. The largest absolute Gasteiger partial charge is 0.493 e. The molecule has 10 heteroatoms. The quantitative estimate of drug-likeness (QED) is 0.371. The van der Waals surface area contributed by atoms with E-state index in [4.69, 9.17) is 9.47 Å². The summed E-state index contributed by atoms with van der Waals surface area (Å²) in [6, 6.07) is 10.5. The van der Waals surface area contributed by atoms with Crippen molar-refractivity contribution in [2.75, 3.05) is 25.1 Å². The van der Waals surface area contributed by atoms with Crippen molar-refractivity contribution in [2.45, 2.75) is 26.0 Å². The standard InChI is InChI=1S/C23H24N4O5S/c1-31-21-10-19(20(27(29)30)11-22(21)32-13-17-14-33-15-25-17)23(28)24-12-16-4-6-18(7-5-16)26-8-2-3-9-26/h4-7,10-11,14-15H,2-3,8-9,12-13H2,1H3,(H,24,28). The van der Waals surface area contributed by atoms with Crippen molar-refractivity contribution < 1.29 is 19.2 Å². The summed E-state index contributed by atoms with van der Waals surface area (Å²) in [5.41, 5.74) is 3.99. The van der Waals surface area contributed by atoms with Gasteiger partial charge in [0, 0.05) is 36.8 Å². The van der Waals surface area contributed by atoms with Crippen LogP contribution in [0.2, 0.25) is 0 Å². The maximum absolute atomic E-state index is 12.8. The van der Waals surface area contributed by atoms with E-state index in [0.717, 1.165) is 24.3 Å². The fraction of sp³-hybridized carbons (Fsp3) is 0.304. The molecule has 33 heavy (non-hydrogen) atoms. The molecular weight excluding hydrogens is 444 g/mol. The van der Waals surface area contributed by atoms with Crippen LogP contribution in [0.25, 0.3) is 0 Å². The van der Waals surface area contributed by atoms with Gasteiger partial charge in [-0.2, -0.15) is 0 Å². The zero-order valence-corrected chi connectivity index (χ0v) is 19.0. The number of nitro groups is 1. The first-order valence-corrected chi connectivity index (χ1v) is 11.5. The summed E-state index contributed by atoms with van der Waals surface area (Å²) in [6.45, 7) is 2.51. The molecule has 172 valence electrons. The number of nitrogens with one attached hydrogen (secondary N) is 1. The van der Waals surface area contributed by atoms with E-state index in [-0.39, 0.29) is 35.9 Å². The number of nitro benzene ring substituents is 1. The molecule has 0 saturated carbocycles. The Morgan fingerprint density at radius 2 is 1.97 bits per heavy atom. The smallest absolute Gasteiger partial charge is 0.286 e. The number of nitrogens with zero attached hydrogens (tertiary/aromatic N) is 3. The SMILES string of the molecule is COc1cc(C(=O)NCc2ccc(N3CCCC3)cc2)c([N+](=O)[O-])cc1OCc1cscn1. The molecule has 0 bridgehead atoms. The molecule has 0 unspecified atom stereocenters. The van der Waals surface area contributed by atoms with Crippen LogP contribution in [-0.4, -0.2) is 36.0 Å². The molecule has 3 aromatic rings. The molecule has 4 rings (SSSR count). The molecule has 1 aromatic heterocycles. The molecule has 9 nitrogen and oxygen atoms in total. The first kappa shape index (κ1) is 22.5. The van der Waals surface area contributed by atoms with E-state index >= 15 is 0 Å². The van der Waals surface area contributed by atoms with E-state index in [9.17, 15) is 14.9 Å². The molecule has 0 aliphatic carbocycles. The Balaban J connectivity index is 1.47. The van der Waals surface area contributed by atoms with Gasteiger partial charge < -0.3 is 19.7 Å². The number of methoxy groups -OCH3 is 1. The van der Waals surface area contributed by atoms with Crippen molar-refractivity contribution in [1.82, 2.24) is 10.3 Å². The van der Waals surface area contributed by atoms with Crippen molar-refractivity contribution in [2.24, 2.45) is 0 Å². The Hall–Kier alpha value is -3.66. The second-order valence-corrected chi connectivity index (χ2v) is 8.31. The van der Waals surface area contributed by atoms with Crippen LogP contribution in [0.15, 0.2) is 47.3 Å². The third-order valence-electron chi connectivity index (χ3n) is 5.44. The van der Waals surface area contributed by atoms with Gasteiger partial charge in [0.25, 0.3) is 11.6 Å². The topological polar surface area (TPSA) is 107 Å². The van der Waals surface area contributed by atoms with Crippen LogP contribution in [0.1, 0.15) is 34.5 Å². The zero-order valence-electron chi connectivity index (χ0n) is 18.2. The lowest BCUT2D eigenvalue weighted by Crippen LogP contribution is -2.24. The minimum Gasteiger partial charge on any atom is -0.493 e. The Bertz CT molecular complexity index is 1110. The third-order valence-corrected chi connectivity index (χ3v) is 6.08. The summed E-state index contributed by atoms with van der Waals surface area (Å²) < 4.78 is 11.0. The molecule has 0 atom stereocenters. The van der Waals surface area contributed by atoms with E-state index in [1.165, 1.54) is 43.4 Å². The number of hydrogen-bond donors (Lipinski definition) is 1. The lowest BCUT2D eigenvalue weighted by Gasteiger charge is -2.17. The summed E-state index contributed by atoms with van der Waals surface area (Å²) in [6.07, 6.45) is 2.41. The predicted octanol–water partition coefficient (Wildman–Crippen LogP) is 4.17. The van der Waals surface area contributed by atoms with Gasteiger partial charge in [-0.05, 0) is 30.5 Å². The van der Waals surface area contributed by atoms with Gasteiger partial charge in [-0.1, -0.05) is 12.1 Å². The molecule has 0 spiro atoms. The number of aromatic nitrogens is 1. The highest BCUT2D eigenvalue weighted by Gasteiger charge is 2.25. The minimum atomic E-state index is -0.602.